The summed E-state index contributed by atoms with van der Waals surface area (Å²) in [5.41, 5.74) is 3.42. The fourth-order valence-corrected chi connectivity index (χ4v) is 1.87. The summed E-state index contributed by atoms with van der Waals surface area (Å²) in [6, 6.07) is 8.21. The number of unbranched alkanes of at least 4 members (excludes halogenated alkanes) is 1. The quantitative estimate of drug-likeness (QED) is 0.461. The minimum Gasteiger partial charge on any atom is -0.279 e. The second-order valence-corrected chi connectivity index (χ2v) is 5.24. The number of nitrogens with zero attached hydrogens (tertiary/aromatic N) is 2. The molecule has 0 atom stereocenters. The fraction of sp³-hybridized carbons (Fsp3) is 0.273. The van der Waals surface area contributed by atoms with Gasteiger partial charge in [-0.3, -0.25) is 5.43 Å². The normalized spacial score (nSPS) is 11.3. The Morgan fingerprint density at radius 2 is 2.06 bits per heavy atom. The smallest absolute Gasteiger partial charge is 0.240 e. The van der Waals surface area contributed by atoms with Gasteiger partial charge in [-0.25, -0.2) is 13.1 Å². The average Bonchev–Trinajstić information content (AvgIpc) is 2.39. The zero-order valence-corrected chi connectivity index (χ0v) is 10.7. The summed E-state index contributed by atoms with van der Waals surface area (Å²) >= 11 is 0. The molecule has 6 nitrogen and oxygen atoms in total. The highest BCUT2D eigenvalue weighted by atomic mass is 32.2. The van der Waals surface area contributed by atoms with Gasteiger partial charge in [0, 0.05) is 12.6 Å². The second-order valence-electron chi connectivity index (χ2n) is 3.35. The van der Waals surface area contributed by atoms with Crippen molar-refractivity contribution in [2.75, 3.05) is 12.5 Å². The van der Waals surface area contributed by atoms with E-state index in [-0.39, 0.29) is 4.90 Å². The molecular weight excluding hydrogens is 252 g/mol. The van der Waals surface area contributed by atoms with E-state index < -0.39 is 10.0 Å². The van der Waals surface area contributed by atoms with E-state index in [0.29, 0.717) is 18.5 Å². The molecule has 0 fully saturated rings. The number of rotatable bonds is 6. The van der Waals surface area contributed by atoms with Gasteiger partial charge < -0.3 is 0 Å². The van der Waals surface area contributed by atoms with E-state index in [9.17, 15) is 8.42 Å². The Balaban J connectivity index is 2.62. The molecule has 0 amide bonds. The molecule has 7 heteroatoms. The monoisotopic (exact) mass is 266 g/mol. The Morgan fingerprint density at radius 3 is 2.61 bits per heavy atom. The van der Waals surface area contributed by atoms with Crippen LogP contribution in [0.25, 0.3) is 0 Å². The number of nitrogens with one attached hydrogen (secondary N) is 2. The Hall–Kier alpha value is -1.91. The van der Waals surface area contributed by atoms with Gasteiger partial charge >= 0.3 is 0 Å². The summed E-state index contributed by atoms with van der Waals surface area (Å²) in [4.78, 5) is 0.198. The predicted octanol–water partition coefficient (Wildman–Crippen LogP) is 1.30. The first kappa shape index (κ1) is 14.2. The van der Waals surface area contributed by atoms with Gasteiger partial charge in [0.15, 0.2) is 0 Å². The number of hydrogen-bond acceptors (Lipinski definition) is 5. The van der Waals surface area contributed by atoms with E-state index in [4.69, 9.17) is 5.26 Å². The van der Waals surface area contributed by atoms with Crippen LogP contribution in [0.1, 0.15) is 12.8 Å². The van der Waals surface area contributed by atoms with Gasteiger partial charge in [-0.1, -0.05) is 0 Å². The molecule has 0 heterocycles. The zero-order chi connectivity index (χ0) is 13.4. The zero-order valence-electron chi connectivity index (χ0n) is 9.92. The highest BCUT2D eigenvalue weighted by molar-refractivity contribution is 7.89. The van der Waals surface area contributed by atoms with Crippen molar-refractivity contribution in [3.63, 3.8) is 0 Å². The summed E-state index contributed by atoms with van der Waals surface area (Å²) in [6.07, 6.45) is 2.60. The Bertz CT molecular complexity index is 543. The van der Waals surface area contributed by atoms with Gasteiger partial charge in [0.05, 0.1) is 16.7 Å². The van der Waals surface area contributed by atoms with Crippen molar-refractivity contribution in [1.29, 1.82) is 5.26 Å². The maximum atomic E-state index is 11.5. The Kier molecular flexibility index (Phi) is 5.30. The molecule has 1 aromatic rings. The number of sulfonamides is 1. The van der Waals surface area contributed by atoms with E-state index in [1.165, 1.54) is 19.2 Å². The molecular formula is C11H14N4O2S. The lowest BCUT2D eigenvalue weighted by Crippen LogP contribution is -2.18. The van der Waals surface area contributed by atoms with Crippen molar-refractivity contribution in [1.82, 2.24) is 4.72 Å². The van der Waals surface area contributed by atoms with Gasteiger partial charge in [-0.05, 0) is 37.7 Å². The first-order valence-corrected chi connectivity index (χ1v) is 6.76. The summed E-state index contributed by atoms with van der Waals surface area (Å²) in [6.45, 7) is 0. The van der Waals surface area contributed by atoms with Gasteiger partial charge in [0.25, 0.3) is 0 Å². The lowest BCUT2D eigenvalue weighted by Gasteiger charge is -2.03. The predicted molar refractivity (Wildman–Crippen MR) is 69.6 cm³/mol. The van der Waals surface area contributed by atoms with E-state index in [0.717, 1.165) is 0 Å². The third kappa shape index (κ3) is 4.16. The maximum absolute atomic E-state index is 11.5. The SMILES string of the molecule is CNS(=O)(=O)c1ccc(NN=CCCC#N)cc1. The van der Waals surface area contributed by atoms with Crippen LogP contribution in [0, 0.1) is 11.3 Å². The molecule has 1 aromatic carbocycles. The molecule has 1 rings (SSSR count). The van der Waals surface area contributed by atoms with E-state index in [1.807, 2.05) is 6.07 Å². The molecule has 0 saturated carbocycles. The number of anilines is 1. The van der Waals surface area contributed by atoms with E-state index in [2.05, 4.69) is 15.2 Å². The molecule has 0 radical (unpaired) electrons. The van der Waals surface area contributed by atoms with E-state index in [1.54, 1.807) is 18.3 Å². The van der Waals surface area contributed by atoms with Crippen LogP contribution in [0.2, 0.25) is 0 Å². The van der Waals surface area contributed by atoms with Crippen LogP contribution in [-0.2, 0) is 10.0 Å². The molecule has 0 saturated heterocycles. The summed E-state index contributed by atoms with van der Waals surface area (Å²) in [7, 11) is -2.04. The maximum Gasteiger partial charge on any atom is 0.240 e. The van der Waals surface area contributed by atoms with Gasteiger partial charge in [-0.15, -0.1) is 0 Å². The summed E-state index contributed by atoms with van der Waals surface area (Å²) in [5.74, 6) is 0. The van der Waals surface area contributed by atoms with Crippen LogP contribution in [-0.4, -0.2) is 21.7 Å². The van der Waals surface area contributed by atoms with E-state index >= 15 is 0 Å². The third-order valence-corrected chi connectivity index (χ3v) is 3.53. The van der Waals surface area contributed by atoms with Crippen molar-refractivity contribution in [3.8, 4) is 6.07 Å². The molecule has 0 aliphatic carbocycles. The molecule has 0 bridgehead atoms. The Labute approximate surface area is 106 Å². The first-order valence-electron chi connectivity index (χ1n) is 5.28. The lowest BCUT2D eigenvalue weighted by atomic mass is 10.3. The molecule has 18 heavy (non-hydrogen) atoms. The summed E-state index contributed by atoms with van der Waals surface area (Å²) in [5, 5.41) is 12.2. The lowest BCUT2D eigenvalue weighted by molar-refractivity contribution is 0.588. The van der Waals surface area contributed by atoms with Gasteiger partial charge in [0.2, 0.25) is 10.0 Å². The number of hydrazone groups is 1. The average molecular weight is 266 g/mol. The van der Waals surface area contributed by atoms with Crippen molar-refractivity contribution in [2.45, 2.75) is 17.7 Å². The second kappa shape index (κ2) is 6.74. The van der Waals surface area contributed by atoms with Gasteiger partial charge in [-0.2, -0.15) is 10.4 Å². The fourth-order valence-electron chi connectivity index (χ4n) is 1.14. The van der Waals surface area contributed by atoms with Crippen LogP contribution in [0.4, 0.5) is 5.69 Å². The van der Waals surface area contributed by atoms with Crippen molar-refractivity contribution in [3.05, 3.63) is 24.3 Å². The molecule has 96 valence electrons. The standard InChI is InChI=1S/C11H14N4O2S/c1-13-18(16,17)11-6-4-10(5-7-11)15-14-9-3-2-8-12/h4-7,9,13,15H,2-3H2,1H3. The molecule has 2 N–H and O–H groups in total. The molecule has 0 unspecified atom stereocenters. The Morgan fingerprint density at radius 1 is 1.39 bits per heavy atom. The van der Waals surface area contributed by atoms with Crippen LogP contribution >= 0.6 is 0 Å². The van der Waals surface area contributed by atoms with Crippen LogP contribution in [0.15, 0.2) is 34.3 Å². The molecule has 0 aromatic heterocycles. The molecule has 0 aliphatic rings. The minimum absolute atomic E-state index is 0.198. The number of hydrogen-bond donors (Lipinski definition) is 2. The first-order chi connectivity index (χ1) is 8.60. The van der Waals surface area contributed by atoms with Crippen LogP contribution in [0.3, 0.4) is 0 Å². The largest absolute Gasteiger partial charge is 0.279 e. The van der Waals surface area contributed by atoms with Crippen molar-refractivity contribution in [2.24, 2.45) is 5.10 Å². The van der Waals surface area contributed by atoms with Crippen molar-refractivity contribution < 1.29 is 8.42 Å². The molecule has 0 aliphatic heterocycles. The number of benzene rings is 1. The highest BCUT2D eigenvalue weighted by Crippen LogP contribution is 2.13. The summed E-state index contributed by atoms with van der Waals surface area (Å²) < 4.78 is 25.1. The van der Waals surface area contributed by atoms with Crippen molar-refractivity contribution >= 4 is 21.9 Å². The third-order valence-electron chi connectivity index (χ3n) is 2.10. The van der Waals surface area contributed by atoms with Crippen LogP contribution < -0.4 is 10.1 Å². The van der Waals surface area contributed by atoms with Gasteiger partial charge in [0.1, 0.15) is 0 Å². The topological polar surface area (TPSA) is 94.3 Å². The highest BCUT2D eigenvalue weighted by Gasteiger charge is 2.09. The minimum atomic E-state index is -3.40. The molecule has 0 spiro atoms. The van der Waals surface area contributed by atoms with Crippen LogP contribution in [0.5, 0.6) is 0 Å². The number of nitriles is 1.